The maximum Gasteiger partial charge on any atom is 0.119 e. The first-order chi connectivity index (χ1) is 14.0. The summed E-state index contributed by atoms with van der Waals surface area (Å²) >= 11 is 0. The van der Waals surface area contributed by atoms with Gasteiger partial charge in [0.25, 0.3) is 0 Å². The minimum atomic E-state index is -0.660. The second-order valence-electron chi connectivity index (χ2n) is 8.93. The van der Waals surface area contributed by atoms with Gasteiger partial charge in [-0.1, -0.05) is 48.4 Å². The molecule has 0 saturated heterocycles. The van der Waals surface area contributed by atoms with Gasteiger partial charge in [0, 0.05) is 5.92 Å². The highest BCUT2D eigenvalue weighted by Gasteiger charge is 2.43. The highest BCUT2D eigenvalue weighted by Crippen LogP contribution is 2.48. The standard InChI is InChI=1S/C25H37NO3/c1-26(2)14-8-4-5-9-19-15-20-17-25(28)23(24(20)16-19)13-12-21(27)18-29-22-10-6-3-7-11-22/h3,6-7,10-13,15,20-21,23-25,27-28H,4-5,8-9,14,16-18H2,1-2H3/b13-12+/t20-,21-,23+,24-,25+/m0/s1. The van der Waals surface area contributed by atoms with Crippen molar-refractivity contribution in [3.05, 3.63) is 54.1 Å². The fourth-order valence-corrected chi connectivity index (χ4v) is 4.76. The van der Waals surface area contributed by atoms with Crippen LogP contribution in [0.4, 0.5) is 0 Å². The molecule has 2 aliphatic rings. The Morgan fingerprint density at radius 2 is 1.97 bits per heavy atom. The molecule has 3 rings (SSSR count). The number of ether oxygens (including phenoxy) is 1. The van der Waals surface area contributed by atoms with E-state index >= 15 is 0 Å². The van der Waals surface area contributed by atoms with Crippen molar-refractivity contribution in [2.75, 3.05) is 27.2 Å². The largest absolute Gasteiger partial charge is 0.491 e. The van der Waals surface area contributed by atoms with Crippen LogP contribution >= 0.6 is 0 Å². The quantitative estimate of drug-likeness (QED) is 0.435. The predicted octanol–water partition coefficient (Wildman–Crippen LogP) is 4.05. The summed E-state index contributed by atoms with van der Waals surface area (Å²) in [5.41, 5.74) is 1.57. The Hall–Kier alpha value is -1.62. The number of rotatable bonds is 11. The lowest BCUT2D eigenvalue weighted by molar-refractivity contribution is 0.133. The Labute approximate surface area is 175 Å². The van der Waals surface area contributed by atoms with E-state index in [4.69, 9.17) is 4.74 Å². The first-order valence-corrected chi connectivity index (χ1v) is 11.1. The molecule has 1 fully saturated rings. The van der Waals surface area contributed by atoms with Gasteiger partial charge in [0.05, 0.1) is 6.10 Å². The molecule has 2 aliphatic carbocycles. The molecule has 1 aromatic carbocycles. The fraction of sp³-hybridized carbons (Fsp3) is 0.600. The fourth-order valence-electron chi connectivity index (χ4n) is 4.76. The normalized spacial score (nSPS) is 27.4. The van der Waals surface area contributed by atoms with Gasteiger partial charge in [0.15, 0.2) is 0 Å². The van der Waals surface area contributed by atoms with E-state index in [2.05, 4.69) is 25.1 Å². The van der Waals surface area contributed by atoms with Crippen molar-refractivity contribution in [1.29, 1.82) is 0 Å². The van der Waals surface area contributed by atoms with Crippen molar-refractivity contribution in [1.82, 2.24) is 4.90 Å². The second-order valence-corrected chi connectivity index (χ2v) is 8.93. The van der Waals surface area contributed by atoms with Crippen LogP contribution in [0.5, 0.6) is 5.75 Å². The Bertz CT molecular complexity index is 670. The minimum absolute atomic E-state index is 0.133. The van der Waals surface area contributed by atoms with Crippen molar-refractivity contribution >= 4 is 0 Å². The third-order valence-electron chi connectivity index (χ3n) is 6.27. The molecule has 2 N–H and O–H groups in total. The van der Waals surface area contributed by atoms with E-state index in [1.807, 2.05) is 36.4 Å². The molecule has 160 valence electrons. The molecule has 0 amide bonds. The Morgan fingerprint density at radius 3 is 2.72 bits per heavy atom. The second kappa shape index (κ2) is 11.0. The van der Waals surface area contributed by atoms with Gasteiger partial charge in [-0.05, 0) is 76.7 Å². The van der Waals surface area contributed by atoms with Gasteiger partial charge in [-0.25, -0.2) is 0 Å². The SMILES string of the molecule is CN(C)CCCCCC1=C[C@H]2C[C@@H](O)[C@H](/C=C/[C@H](O)COc3ccccc3)[C@H]2C1. The average Bonchev–Trinajstić information content (AvgIpc) is 3.21. The molecule has 0 radical (unpaired) electrons. The molecule has 0 aromatic heterocycles. The number of nitrogens with zero attached hydrogens (tertiary/aromatic N) is 1. The van der Waals surface area contributed by atoms with Gasteiger partial charge >= 0.3 is 0 Å². The molecule has 0 heterocycles. The molecular formula is C25H37NO3. The number of para-hydroxylation sites is 1. The van der Waals surface area contributed by atoms with Crippen LogP contribution in [0, 0.1) is 17.8 Å². The van der Waals surface area contributed by atoms with Gasteiger partial charge in [-0.2, -0.15) is 0 Å². The first kappa shape index (κ1) is 22.1. The summed E-state index contributed by atoms with van der Waals surface area (Å²) in [7, 11) is 4.26. The summed E-state index contributed by atoms with van der Waals surface area (Å²) < 4.78 is 5.62. The van der Waals surface area contributed by atoms with Crippen LogP contribution in [-0.4, -0.2) is 54.6 Å². The number of aliphatic hydroxyl groups excluding tert-OH is 2. The van der Waals surface area contributed by atoms with Crippen molar-refractivity contribution in [2.24, 2.45) is 17.8 Å². The lowest BCUT2D eigenvalue weighted by Gasteiger charge is -2.19. The third kappa shape index (κ3) is 6.70. The topological polar surface area (TPSA) is 52.9 Å². The van der Waals surface area contributed by atoms with Gasteiger partial charge in [0.2, 0.25) is 0 Å². The van der Waals surface area contributed by atoms with E-state index in [9.17, 15) is 10.2 Å². The molecule has 1 saturated carbocycles. The van der Waals surface area contributed by atoms with E-state index in [1.165, 1.54) is 32.2 Å². The summed E-state index contributed by atoms with van der Waals surface area (Å²) in [6.45, 7) is 1.40. The summed E-state index contributed by atoms with van der Waals surface area (Å²) in [5.74, 6) is 1.87. The lowest BCUT2D eigenvalue weighted by atomic mass is 9.88. The van der Waals surface area contributed by atoms with Crippen molar-refractivity contribution in [2.45, 2.75) is 50.7 Å². The van der Waals surface area contributed by atoms with Gasteiger partial charge in [-0.3, -0.25) is 0 Å². The predicted molar refractivity (Wildman–Crippen MR) is 118 cm³/mol. The van der Waals surface area contributed by atoms with Crippen molar-refractivity contribution in [3.63, 3.8) is 0 Å². The van der Waals surface area contributed by atoms with Crippen LogP contribution in [0.1, 0.15) is 38.5 Å². The zero-order valence-corrected chi connectivity index (χ0v) is 17.9. The van der Waals surface area contributed by atoms with Crippen LogP contribution < -0.4 is 4.74 Å². The minimum Gasteiger partial charge on any atom is -0.491 e. The number of hydrogen-bond acceptors (Lipinski definition) is 4. The van der Waals surface area contributed by atoms with Crippen molar-refractivity contribution in [3.8, 4) is 5.75 Å². The van der Waals surface area contributed by atoms with E-state index in [0.717, 1.165) is 18.6 Å². The van der Waals surface area contributed by atoms with Gasteiger partial charge in [-0.15, -0.1) is 0 Å². The highest BCUT2D eigenvalue weighted by atomic mass is 16.5. The number of aliphatic hydroxyl groups is 2. The Morgan fingerprint density at radius 1 is 1.17 bits per heavy atom. The zero-order valence-electron chi connectivity index (χ0n) is 17.9. The number of benzene rings is 1. The maximum absolute atomic E-state index is 10.5. The van der Waals surface area contributed by atoms with Crippen LogP contribution in [0.25, 0.3) is 0 Å². The molecule has 0 aliphatic heterocycles. The van der Waals surface area contributed by atoms with Crippen LogP contribution in [0.3, 0.4) is 0 Å². The smallest absolute Gasteiger partial charge is 0.119 e. The molecule has 4 nitrogen and oxygen atoms in total. The number of allylic oxidation sites excluding steroid dienone is 2. The molecular weight excluding hydrogens is 362 g/mol. The van der Waals surface area contributed by atoms with E-state index in [-0.39, 0.29) is 18.6 Å². The third-order valence-corrected chi connectivity index (χ3v) is 6.27. The molecule has 29 heavy (non-hydrogen) atoms. The van der Waals surface area contributed by atoms with Crippen LogP contribution in [0.2, 0.25) is 0 Å². The van der Waals surface area contributed by atoms with Gasteiger partial charge < -0.3 is 19.8 Å². The zero-order chi connectivity index (χ0) is 20.6. The molecule has 1 aromatic rings. The molecule has 0 bridgehead atoms. The summed E-state index contributed by atoms with van der Waals surface area (Å²) in [6, 6.07) is 9.54. The number of unbranched alkanes of at least 4 members (excludes halogenated alkanes) is 2. The van der Waals surface area contributed by atoms with E-state index in [0.29, 0.717) is 11.8 Å². The van der Waals surface area contributed by atoms with Crippen LogP contribution in [0.15, 0.2) is 54.1 Å². The lowest BCUT2D eigenvalue weighted by Crippen LogP contribution is -2.19. The van der Waals surface area contributed by atoms with Crippen molar-refractivity contribution < 1.29 is 14.9 Å². The molecule has 0 spiro atoms. The highest BCUT2D eigenvalue weighted by molar-refractivity contribution is 5.22. The van der Waals surface area contributed by atoms with E-state index in [1.54, 1.807) is 11.6 Å². The maximum atomic E-state index is 10.5. The number of hydrogen-bond donors (Lipinski definition) is 2. The summed E-state index contributed by atoms with van der Waals surface area (Å²) in [6.07, 6.45) is 12.3. The Balaban J connectivity index is 1.42. The Kier molecular flexibility index (Phi) is 8.34. The number of fused-ring (bicyclic) bond motifs is 1. The summed E-state index contributed by atoms with van der Waals surface area (Å²) in [4.78, 5) is 2.25. The van der Waals surface area contributed by atoms with Gasteiger partial charge in [0.1, 0.15) is 18.5 Å². The summed E-state index contributed by atoms with van der Waals surface area (Å²) in [5, 5.41) is 20.7. The van der Waals surface area contributed by atoms with Crippen LogP contribution in [-0.2, 0) is 0 Å². The molecule has 5 atom stereocenters. The molecule has 0 unspecified atom stereocenters. The monoisotopic (exact) mass is 399 g/mol. The molecule has 4 heteroatoms. The first-order valence-electron chi connectivity index (χ1n) is 11.1. The average molecular weight is 400 g/mol. The van der Waals surface area contributed by atoms with E-state index < -0.39 is 6.10 Å².